The van der Waals surface area contributed by atoms with E-state index in [1.165, 1.54) is 10.5 Å². The second-order valence-electron chi connectivity index (χ2n) is 3.87. The average Bonchev–Trinajstić information content (AvgIpc) is 2.28. The molecule has 0 fully saturated rings. The van der Waals surface area contributed by atoms with E-state index >= 15 is 0 Å². The van der Waals surface area contributed by atoms with Gasteiger partial charge in [-0.1, -0.05) is 6.92 Å². The highest BCUT2D eigenvalue weighted by molar-refractivity contribution is 7.98. The molecule has 0 saturated heterocycles. The van der Waals surface area contributed by atoms with E-state index in [9.17, 15) is 4.79 Å². The summed E-state index contributed by atoms with van der Waals surface area (Å²) >= 11 is 1.72. The lowest BCUT2D eigenvalue weighted by molar-refractivity contribution is -0.108. The van der Waals surface area contributed by atoms with E-state index in [0.717, 1.165) is 17.6 Å². The molecule has 0 heterocycles. The molecular formula is C13H18O2S. The fourth-order valence-electron chi connectivity index (χ4n) is 1.73. The van der Waals surface area contributed by atoms with Gasteiger partial charge in [-0.05, 0) is 42.4 Å². The number of hydrogen-bond donors (Lipinski definition) is 0. The second kappa shape index (κ2) is 5.94. The largest absolute Gasteiger partial charge is 0.496 e. The number of methoxy groups -OCH3 is 1. The van der Waals surface area contributed by atoms with Crippen LogP contribution in [0.25, 0.3) is 0 Å². The molecule has 1 aromatic rings. The zero-order valence-corrected chi connectivity index (χ0v) is 11.1. The number of hydrogen-bond acceptors (Lipinski definition) is 3. The molecule has 0 saturated carbocycles. The van der Waals surface area contributed by atoms with Gasteiger partial charge in [0, 0.05) is 11.3 Å². The number of aryl methyl sites for hydroxylation is 1. The lowest BCUT2D eigenvalue weighted by Crippen LogP contribution is -2.00. The van der Waals surface area contributed by atoms with Gasteiger partial charge in [0.05, 0.1) is 7.11 Å². The van der Waals surface area contributed by atoms with Crippen LogP contribution in [0.3, 0.4) is 0 Å². The Morgan fingerprint density at radius 1 is 1.50 bits per heavy atom. The Morgan fingerprint density at radius 3 is 2.69 bits per heavy atom. The summed E-state index contributed by atoms with van der Waals surface area (Å²) in [6.45, 7) is 4.12. The molecule has 0 radical (unpaired) electrons. The summed E-state index contributed by atoms with van der Waals surface area (Å²) in [5, 5.41) is 0. The van der Waals surface area contributed by atoms with Crippen molar-refractivity contribution in [2.75, 3.05) is 13.4 Å². The standard InChI is InChI=1S/C13H18O2S/c1-9(5-6-14)11-8-13(16-4)10(2)7-12(11)15-3/h6-9H,5H2,1-4H3. The zero-order chi connectivity index (χ0) is 12.1. The third-order valence-electron chi connectivity index (χ3n) is 2.73. The summed E-state index contributed by atoms with van der Waals surface area (Å²) in [4.78, 5) is 11.8. The molecule has 1 atom stereocenters. The molecule has 16 heavy (non-hydrogen) atoms. The maximum atomic E-state index is 10.6. The minimum Gasteiger partial charge on any atom is -0.496 e. The van der Waals surface area contributed by atoms with Crippen molar-refractivity contribution < 1.29 is 9.53 Å². The highest BCUT2D eigenvalue weighted by Crippen LogP contribution is 2.34. The van der Waals surface area contributed by atoms with Crippen LogP contribution in [-0.2, 0) is 4.79 Å². The minimum atomic E-state index is 0.207. The van der Waals surface area contributed by atoms with Gasteiger partial charge in [0.25, 0.3) is 0 Å². The van der Waals surface area contributed by atoms with Gasteiger partial charge in [-0.2, -0.15) is 0 Å². The molecule has 2 nitrogen and oxygen atoms in total. The van der Waals surface area contributed by atoms with E-state index in [-0.39, 0.29) is 5.92 Å². The number of rotatable bonds is 5. The molecule has 0 aliphatic rings. The van der Waals surface area contributed by atoms with Crippen molar-refractivity contribution in [3.63, 3.8) is 0 Å². The normalized spacial score (nSPS) is 12.2. The number of benzene rings is 1. The first-order chi connectivity index (χ1) is 7.63. The number of carbonyl (C=O) groups is 1. The number of carbonyl (C=O) groups excluding carboxylic acids is 1. The molecule has 88 valence electrons. The van der Waals surface area contributed by atoms with Gasteiger partial charge in [-0.15, -0.1) is 11.8 Å². The van der Waals surface area contributed by atoms with Crippen molar-refractivity contribution in [2.45, 2.75) is 31.1 Å². The molecule has 0 aliphatic carbocycles. The fourth-order valence-corrected chi connectivity index (χ4v) is 2.36. The Balaban J connectivity index is 3.18. The summed E-state index contributed by atoms with van der Waals surface area (Å²) < 4.78 is 5.37. The molecule has 1 unspecified atom stereocenters. The van der Waals surface area contributed by atoms with Gasteiger partial charge < -0.3 is 9.53 Å². The van der Waals surface area contributed by atoms with Crippen molar-refractivity contribution in [1.82, 2.24) is 0 Å². The Morgan fingerprint density at radius 2 is 2.19 bits per heavy atom. The van der Waals surface area contributed by atoms with Gasteiger partial charge >= 0.3 is 0 Å². The van der Waals surface area contributed by atoms with Gasteiger partial charge in [0.2, 0.25) is 0 Å². The highest BCUT2D eigenvalue weighted by atomic mass is 32.2. The Kier molecular flexibility index (Phi) is 4.87. The molecule has 1 rings (SSSR count). The summed E-state index contributed by atoms with van der Waals surface area (Å²) in [5.41, 5.74) is 2.33. The molecule has 0 amide bonds. The average molecular weight is 238 g/mol. The fraction of sp³-hybridized carbons (Fsp3) is 0.462. The molecule has 0 N–H and O–H groups in total. The summed E-state index contributed by atoms with van der Waals surface area (Å²) in [7, 11) is 1.67. The van der Waals surface area contributed by atoms with E-state index < -0.39 is 0 Å². The van der Waals surface area contributed by atoms with Crippen molar-refractivity contribution in [2.24, 2.45) is 0 Å². The van der Waals surface area contributed by atoms with Crippen LogP contribution < -0.4 is 4.74 Å². The zero-order valence-electron chi connectivity index (χ0n) is 10.2. The minimum absolute atomic E-state index is 0.207. The Hall–Kier alpha value is -0.960. The van der Waals surface area contributed by atoms with Crippen LogP contribution in [0.15, 0.2) is 17.0 Å². The van der Waals surface area contributed by atoms with E-state index in [2.05, 4.69) is 19.2 Å². The van der Waals surface area contributed by atoms with Gasteiger partial charge in [0.15, 0.2) is 0 Å². The van der Waals surface area contributed by atoms with Crippen molar-refractivity contribution >= 4 is 18.0 Å². The predicted octanol–water partition coefficient (Wildman–Crippen LogP) is 3.42. The monoisotopic (exact) mass is 238 g/mol. The smallest absolute Gasteiger partial charge is 0.122 e. The van der Waals surface area contributed by atoms with Gasteiger partial charge in [0.1, 0.15) is 12.0 Å². The van der Waals surface area contributed by atoms with Crippen LogP contribution in [0.1, 0.15) is 30.4 Å². The molecule has 0 aromatic heterocycles. The topological polar surface area (TPSA) is 26.3 Å². The van der Waals surface area contributed by atoms with Gasteiger partial charge in [-0.3, -0.25) is 0 Å². The molecule has 1 aromatic carbocycles. The molecule has 0 spiro atoms. The van der Waals surface area contributed by atoms with E-state index in [0.29, 0.717) is 6.42 Å². The first-order valence-electron chi connectivity index (χ1n) is 5.30. The van der Waals surface area contributed by atoms with Crippen LogP contribution in [0.5, 0.6) is 5.75 Å². The summed E-state index contributed by atoms with van der Waals surface area (Å²) in [6.07, 6.45) is 3.55. The predicted molar refractivity (Wildman–Crippen MR) is 68.6 cm³/mol. The summed E-state index contributed by atoms with van der Waals surface area (Å²) in [6, 6.07) is 4.18. The first kappa shape index (κ1) is 13.1. The van der Waals surface area contributed by atoms with Crippen molar-refractivity contribution in [3.05, 3.63) is 23.3 Å². The number of thioether (sulfide) groups is 1. The van der Waals surface area contributed by atoms with Crippen molar-refractivity contribution in [1.29, 1.82) is 0 Å². The van der Waals surface area contributed by atoms with E-state index in [1.807, 2.05) is 13.0 Å². The highest BCUT2D eigenvalue weighted by Gasteiger charge is 2.13. The maximum Gasteiger partial charge on any atom is 0.122 e. The Labute approximate surface area is 101 Å². The van der Waals surface area contributed by atoms with Crippen LogP contribution in [-0.4, -0.2) is 19.7 Å². The van der Waals surface area contributed by atoms with E-state index in [4.69, 9.17) is 4.74 Å². The molecule has 0 bridgehead atoms. The van der Waals surface area contributed by atoms with Crippen molar-refractivity contribution in [3.8, 4) is 5.75 Å². The van der Waals surface area contributed by atoms with Crippen LogP contribution in [0.2, 0.25) is 0 Å². The van der Waals surface area contributed by atoms with E-state index in [1.54, 1.807) is 18.9 Å². The first-order valence-corrected chi connectivity index (χ1v) is 6.52. The lowest BCUT2D eigenvalue weighted by Gasteiger charge is -2.16. The lowest BCUT2D eigenvalue weighted by atomic mass is 9.96. The quantitative estimate of drug-likeness (QED) is 0.581. The second-order valence-corrected chi connectivity index (χ2v) is 4.72. The maximum absolute atomic E-state index is 10.6. The van der Waals surface area contributed by atoms with Crippen LogP contribution >= 0.6 is 11.8 Å². The number of ether oxygens (including phenoxy) is 1. The SMILES string of the molecule is COc1cc(C)c(SC)cc1C(C)CC=O. The third-order valence-corrected chi connectivity index (χ3v) is 3.61. The third kappa shape index (κ3) is 2.79. The summed E-state index contributed by atoms with van der Waals surface area (Å²) in [5.74, 6) is 1.09. The van der Waals surface area contributed by atoms with Crippen LogP contribution in [0.4, 0.5) is 0 Å². The molecular weight excluding hydrogens is 220 g/mol. The molecule has 0 aliphatic heterocycles. The van der Waals surface area contributed by atoms with Crippen LogP contribution in [0, 0.1) is 6.92 Å². The molecule has 3 heteroatoms. The van der Waals surface area contributed by atoms with Gasteiger partial charge in [-0.25, -0.2) is 0 Å². The Bertz CT molecular complexity index is 374. The number of aldehydes is 1.